The molecule has 1 N–H and O–H groups in total. The van der Waals surface area contributed by atoms with Crippen LogP contribution in [0, 0.1) is 0 Å². The molecule has 0 radical (unpaired) electrons. The first-order valence-corrected chi connectivity index (χ1v) is 8.00. The third-order valence-corrected chi connectivity index (χ3v) is 4.22. The van der Waals surface area contributed by atoms with Crippen LogP contribution in [0.1, 0.15) is 30.3 Å². The molecule has 1 aliphatic heterocycles. The fourth-order valence-corrected chi connectivity index (χ4v) is 3.06. The maximum atomic E-state index is 11.6. The van der Waals surface area contributed by atoms with Gasteiger partial charge in [-0.1, -0.05) is 0 Å². The van der Waals surface area contributed by atoms with Gasteiger partial charge in [-0.3, -0.25) is 4.79 Å². The number of hydrogen-bond donors (Lipinski definition) is 1. The molecule has 0 aliphatic carbocycles. The van der Waals surface area contributed by atoms with Gasteiger partial charge in [0, 0.05) is 6.54 Å². The van der Waals surface area contributed by atoms with Crippen molar-refractivity contribution in [2.75, 3.05) is 26.7 Å². The predicted molar refractivity (Wildman–Crippen MR) is 86.0 cm³/mol. The van der Waals surface area contributed by atoms with Crippen LogP contribution in [0.3, 0.4) is 0 Å². The molecule has 5 heteroatoms. The largest absolute Gasteiger partial charge is 0.466 e. The van der Waals surface area contributed by atoms with Gasteiger partial charge in [0.05, 0.1) is 17.6 Å². The summed E-state index contributed by atoms with van der Waals surface area (Å²) in [5.41, 5.74) is 4.76. The second-order valence-corrected chi connectivity index (χ2v) is 5.96. The molecule has 0 fully saturated rings. The van der Waals surface area contributed by atoms with Crippen LogP contribution < -0.4 is 0 Å². The van der Waals surface area contributed by atoms with E-state index in [4.69, 9.17) is 4.74 Å². The molecule has 0 atom stereocenters. The Morgan fingerprint density at radius 1 is 1.32 bits per heavy atom. The van der Waals surface area contributed by atoms with Crippen LogP contribution in [0.2, 0.25) is 0 Å². The molecule has 118 valence electrons. The summed E-state index contributed by atoms with van der Waals surface area (Å²) in [6, 6.07) is 4.38. The molecule has 0 unspecified atom stereocenters. The average Bonchev–Trinajstić information content (AvgIpc) is 2.84. The predicted octanol–water partition coefficient (Wildman–Crippen LogP) is 2.09. The monoisotopic (exact) mass is 301 g/mol. The second kappa shape index (κ2) is 6.48. The van der Waals surface area contributed by atoms with Crippen molar-refractivity contribution in [2.24, 2.45) is 0 Å². The van der Waals surface area contributed by atoms with Crippen LogP contribution in [0.5, 0.6) is 0 Å². The maximum Gasteiger partial charge on any atom is 0.313 e. The number of fused-ring (bicyclic) bond motifs is 2. The van der Waals surface area contributed by atoms with Crippen LogP contribution in [-0.2, 0) is 28.8 Å². The second-order valence-electron chi connectivity index (χ2n) is 5.96. The van der Waals surface area contributed by atoms with E-state index >= 15 is 0 Å². The highest BCUT2D eigenvalue weighted by molar-refractivity contribution is 5.79. The first-order valence-electron chi connectivity index (χ1n) is 8.00. The minimum absolute atomic E-state index is 0.204. The molecule has 2 aromatic rings. The topological polar surface area (TPSA) is 58.2 Å². The fraction of sp³-hybridized carbons (Fsp3) is 0.529. The van der Waals surface area contributed by atoms with Gasteiger partial charge in [0.2, 0.25) is 0 Å². The van der Waals surface area contributed by atoms with Crippen molar-refractivity contribution in [1.82, 2.24) is 14.9 Å². The minimum Gasteiger partial charge on any atom is -0.466 e. The Kier molecular flexibility index (Phi) is 4.43. The Labute approximate surface area is 130 Å². The van der Waals surface area contributed by atoms with Crippen molar-refractivity contribution in [3.63, 3.8) is 0 Å². The summed E-state index contributed by atoms with van der Waals surface area (Å²) in [4.78, 5) is 21.8. The van der Waals surface area contributed by atoms with E-state index in [0.29, 0.717) is 12.4 Å². The van der Waals surface area contributed by atoms with Crippen LogP contribution in [-0.4, -0.2) is 47.6 Å². The lowest BCUT2D eigenvalue weighted by Gasteiger charge is -2.21. The number of carbonyl (C=O) groups is 1. The number of esters is 1. The smallest absolute Gasteiger partial charge is 0.313 e. The van der Waals surface area contributed by atoms with Gasteiger partial charge in [-0.15, -0.1) is 0 Å². The molecule has 1 aromatic heterocycles. The minimum atomic E-state index is -0.235. The van der Waals surface area contributed by atoms with Crippen LogP contribution in [0.4, 0.5) is 0 Å². The zero-order chi connectivity index (χ0) is 15.5. The number of imidazole rings is 1. The third-order valence-electron chi connectivity index (χ3n) is 4.22. The number of aryl methyl sites for hydroxylation is 1. The fourth-order valence-electron chi connectivity index (χ4n) is 3.06. The Morgan fingerprint density at radius 3 is 2.95 bits per heavy atom. The van der Waals surface area contributed by atoms with Gasteiger partial charge in [0.1, 0.15) is 12.2 Å². The zero-order valence-electron chi connectivity index (χ0n) is 13.3. The molecule has 3 rings (SSSR count). The normalized spacial score (nSPS) is 16.1. The Balaban J connectivity index is 1.87. The number of hydrogen-bond acceptors (Lipinski definition) is 4. The number of H-pyrrole nitrogens is 1. The molecule has 0 saturated heterocycles. The van der Waals surface area contributed by atoms with Crippen LogP contribution in [0.15, 0.2) is 12.1 Å². The SMILES string of the molecule is CCOC(=O)Cc1nc2cc3c(cc2[nH]1)CCCN(C)CC3. The van der Waals surface area contributed by atoms with Crippen molar-refractivity contribution >= 4 is 17.0 Å². The molecule has 1 aliphatic rings. The number of likely N-dealkylation sites (N-methyl/N-ethyl adjacent to an activating group) is 1. The summed E-state index contributed by atoms with van der Waals surface area (Å²) in [5, 5.41) is 0. The molecule has 5 nitrogen and oxygen atoms in total. The lowest BCUT2D eigenvalue weighted by Crippen LogP contribution is -2.25. The van der Waals surface area contributed by atoms with E-state index in [1.54, 1.807) is 0 Å². The standard InChI is InChI=1S/C17H23N3O2/c1-3-22-17(21)11-16-18-14-9-12-5-4-7-20(2)8-6-13(12)10-15(14)19-16/h9-10H,3-8,11H2,1-2H3,(H,18,19). The molecular formula is C17H23N3O2. The summed E-state index contributed by atoms with van der Waals surface area (Å²) in [5.74, 6) is 0.449. The summed E-state index contributed by atoms with van der Waals surface area (Å²) in [6.45, 7) is 4.45. The van der Waals surface area contributed by atoms with Gasteiger partial charge < -0.3 is 14.6 Å². The highest BCUT2D eigenvalue weighted by Crippen LogP contribution is 2.22. The van der Waals surface area contributed by atoms with Gasteiger partial charge in [-0.05, 0) is 63.0 Å². The van der Waals surface area contributed by atoms with Crippen molar-refractivity contribution in [3.8, 4) is 0 Å². The van der Waals surface area contributed by atoms with E-state index in [1.165, 1.54) is 17.5 Å². The van der Waals surface area contributed by atoms with Crippen molar-refractivity contribution in [2.45, 2.75) is 32.6 Å². The molecule has 0 bridgehead atoms. The first kappa shape index (κ1) is 15.0. The van der Waals surface area contributed by atoms with E-state index < -0.39 is 0 Å². The number of ether oxygens (including phenoxy) is 1. The maximum absolute atomic E-state index is 11.6. The molecule has 0 amide bonds. The first-order chi connectivity index (χ1) is 10.7. The summed E-state index contributed by atoms with van der Waals surface area (Å²) < 4.78 is 4.98. The van der Waals surface area contributed by atoms with Crippen molar-refractivity contribution < 1.29 is 9.53 Å². The highest BCUT2D eigenvalue weighted by atomic mass is 16.5. The molecule has 1 aromatic carbocycles. The number of nitrogens with zero attached hydrogens (tertiary/aromatic N) is 2. The summed E-state index contributed by atoms with van der Waals surface area (Å²) in [6.07, 6.45) is 3.54. The van der Waals surface area contributed by atoms with Crippen LogP contribution in [0.25, 0.3) is 11.0 Å². The molecule has 2 heterocycles. The van der Waals surface area contributed by atoms with E-state index in [2.05, 4.69) is 34.0 Å². The van der Waals surface area contributed by atoms with E-state index in [9.17, 15) is 4.79 Å². The Morgan fingerprint density at radius 2 is 2.14 bits per heavy atom. The van der Waals surface area contributed by atoms with Crippen molar-refractivity contribution in [3.05, 3.63) is 29.1 Å². The quantitative estimate of drug-likeness (QED) is 0.882. The van der Waals surface area contributed by atoms with Crippen molar-refractivity contribution in [1.29, 1.82) is 0 Å². The molecular weight excluding hydrogens is 278 g/mol. The lowest BCUT2D eigenvalue weighted by molar-refractivity contribution is -0.142. The molecule has 0 saturated carbocycles. The number of rotatable bonds is 3. The van der Waals surface area contributed by atoms with Gasteiger partial charge >= 0.3 is 5.97 Å². The van der Waals surface area contributed by atoms with E-state index in [0.717, 1.165) is 37.0 Å². The van der Waals surface area contributed by atoms with Crippen LogP contribution >= 0.6 is 0 Å². The Hall–Kier alpha value is -1.88. The lowest BCUT2D eigenvalue weighted by atomic mass is 9.97. The number of benzene rings is 1. The summed E-state index contributed by atoms with van der Waals surface area (Å²) >= 11 is 0. The number of carbonyl (C=O) groups excluding carboxylic acids is 1. The zero-order valence-corrected chi connectivity index (χ0v) is 13.3. The van der Waals surface area contributed by atoms with Gasteiger partial charge in [0.15, 0.2) is 0 Å². The van der Waals surface area contributed by atoms with E-state index in [1.807, 2.05) is 6.92 Å². The third kappa shape index (κ3) is 3.30. The number of nitrogens with one attached hydrogen (secondary N) is 1. The number of aromatic amines is 1. The number of aromatic nitrogens is 2. The molecule has 22 heavy (non-hydrogen) atoms. The molecule has 0 spiro atoms. The average molecular weight is 301 g/mol. The van der Waals surface area contributed by atoms with E-state index in [-0.39, 0.29) is 12.4 Å². The Bertz CT molecular complexity index is 678. The highest BCUT2D eigenvalue weighted by Gasteiger charge is 2.14. The van der Waals surface area contributed by atoms with Gasteiger partial charge in [0.25, 0.3) is 0 Å². The summed E-state index contributed by atoms with van der Waals surface area (Å²) in [7, 11) is 2.18. The van der Waals surface area contributed by atoms with Gasteiger partial charge in [-0.2, -0.15) is 0 Å². The van der Waals surface area contributed by atoms with Gasteiger partial charge in [-0.25, -0.2) is 4.98 Å².